The van der Waals surface area contributed by atoms with Crippen LogP contribution in [0.3, 0.4) is 0 Å². The molecule has 0 aliphatic carbocycles. The zero-order valence-corrected chi connectivity index (χ0v) is 14.0. The fraction of sp³-hybridized carbons (Fsp3) is 0.562. The number of amides is 1. The number of benzene rings is 1. The summed E-state index contributed by atoms with van der Waals surface area (Å²) >= 11 is 0. The highest BCUT2D eigenvalue weighted by molar-refractivity contribution is 7.89. The van der Waals surface area contributed by atoms with Crippen molar-refractivity contribution in [3.8, 4) is 0 Å². The van der Waals surface area contributed by atoms with Gasteiger partial charge in [0.15, 0.2) is 0 Å². The summed E-state index contributed by atoms with van der Waals surface area (Å²) in [7, 11) is -3.42. The van der Waals surface area contributed by atoms with E-state index in [9.17, 15) is 13.2 Å². The topological polar surface area (TPSA) is 66.5 Å². The zero-order valence-electron chi connectivity index (χ0n) is 13.2. The van der Waals surface area contributed by atoms with Crippen molar-refractivity contribution in [2.45, 2.75) is 45.7 Å². The van der Waals surface area contributed by atoms with Gasteiger partial charge in [0.2, 0.25) is 15.9 Å². The maximum absolute atomic E-state index is 12.4. The standard InChI is InChI=1S/C16H24N2O3S/c1-3-5-10-17-16(19)15-11-13-8-6-7-9-14(13)12-18(15)22(20,21)4-2/h6-9,15H,3-5,10-12H2,1-2H3,(H,17,19)/t15-/m1/s1. The van der Waals surface area contributed by atoms with E-state index >= 15 is 0 Å². The summed E-state index contributed by atoms with van der Waals surface area (Å²) in [6, 6.07) is 7.08. The summed E-state index contributed by atoms with van der Waals surface area (Å²) in [6.45, 7) is 4.53. The van der Waals surface area contributed by atoms with Gasteiger partial charge in [0.1, 0.15) is 6.04 Å². The SMILES string of the molecule is CCCCNC(=O)[C@H]1Cc2ccccc2CN1S(=O)(=O)CC. The predicted molar refractivity (Wildman–Crippen MR) is 86.9 cm³/mol. The van der Waals surface area contributed by atoms with Gasteiger partial charge in [-0.3, -0.25) is 4.79 Å². The van der Waals surface area contributed by atoms with E-state index in [2.05, 4.69) is 12.2 Å². The van der Waals surface area contributed by atoms with Gasteiger partial charge in [0, 0.05) is 13.1 Å². The smallest absolute Gasteiger partial charge is 0.238 e. The van der Waals surface area contributed by atoms with Gasteiger partial charge in [-0.15, -0.1) is 0 Å². The quantitative estimate of drug-likeness (QED) is 0.810. The number of fused-ring (bicyclic) bond motifs is 1. The molecule has 0 radical (unpaired) electrons. The fourth-order valence-corrected chi connectivity index (χ4v) is 3.91. The van der Waals surface area contributed by atoms with Gasteiger partial charge in [0.25, 0.3) is 0 Å². The molecular formula is C16H24N2O3S. The molecule has 0 saturated heterocycles. The Morgan fingerprint density at radius 2 is 1.95 bits per heavy atom. The predicted octanol–water partition coefficient (Wildman–Crippen LogP) is 1.68. The molecule has 1 amide bonds. The van der Waals surface area contributed by atoms with Crippen LogP contribution in [0.15, 0.2) is 24.3 Å². The summed E-state index contributed by atoms with van der Waals surface area (Å²) < 4.78 is 26.1. The number of carbonyl (C=O) groups is 1. The van der Waals surface area contributed by atoms with E-state index in [1.807, 2.05) is 24.3 Å². The molecule has 6 heteroatoms. The molecule has 1 aromatic rings. The van der Waals surface area contributed by atoms with Crippen LogP contribution in [-0.4, -0.2) is 37.0 Å². The minimum Gasteiger partial charge on any atom is -0.355 e. The molecule has 0 bridgehead atoms. The summed E-state index contributed by atoms with van der Waals surface area (Å²) in [5.41, 5.74) is 2.04. The minimum absolute atomic E-state index is 0.00784. The number of hydrogen-bond acceptors (Lipinski definition) is 3. The van der Waals surface area contributed by atoms with Crippen molar-refractivity contribution in [3.05, 3.63) is 35.4 Å². The van der Waals surface area contributed by atoms with Gasteiger partial charge in [0.05, 0.1) is 5.75 Å². The van der Waals surface area contributed by atoms with Crippen LogP contribution >= 0.6 is 0 Å². The van der Waals surface area contributed by atoms with Gasteiger partial charge in [-0.2, -0.15) is 4.31 Å². The van der Waals surface area contributed by atoms with Crippen molar-refractivity contribution in [1.29, 1.82) is 0 Å². The van der Waals surface area contributed by atoms with Crippen molar-refractivity contribution in [1.82, 2.24) is 9.62 Å². The molecule has 1 atom stereocenters. The lowest BCUT2D eigenvalue weighted by atomic mass is 9.95. The highest BCUT2D eigenvalue weighted by Crippen LogP contribution is 2.26. The highest BCUT2D eigenvalue weighted by Gasteiger charge is 2.37. The molecule has 1 aliphatic rings. The molecule has 0 fully saturated rings. The largest absolute Gasteiger partial charge is 0.355 e. The van der Waals surface area contributed by atoms with Crippen molar-refractivity contribution in [2.24, 2.45) is 0 Å². The van der Waals surface area contributed by atoms with E-state index in [0.29, 0.717) is 13.0 Å². The van der Waals surface area contributed by atoms with Crippen molar-refractivity contribution < 1.29 is 13.2 Å². The van der Waals surface area contributed by atoms with Crippen LogP contribution in [0.5, 0.6) is 0 Å². The number of rotatable bonds is 6. The van der Waals surface area contributed by atoms with E-state index < -0.39 is 16.1 Å². The van der Waals surface area contributed by atoms with Crippen LogP contribution in [-0.2, 0) is 27.8 Å². The van der Waals surface area contributed by atoms with Crippen molar-refractivity contribution in [2.75, 3.05) is 12.3 Å². The van der Waals surface area contributed by atoms with E-state index in [4.69, 9.17) is 0 Å². The second-order valence-electron chi connectivity index (χ2n) is 5.58. The van der Waals surface area contributed by atoms with Crippen LogP contribution in [0.1, 0.15) is 37.8 Å². The number of carbonyl (C=O) groups excluding carboxylic acids is 1. The summed E-state index contributed by atoms with van der Waals surface area (Å²) in [5.74, 6) is -0.187. The molecule has 1 heterocycles. The lowest BCUT2D eigenvalue weighted by Crippen LogP contribution is -2.53. The van der Waals surface area contributed by atoms with Crippen molar-refractivity contribution >= 4 is 15.9 Å². The Bertz CT molecular complexity index is 628. The van der Waals surface area contributed by atoms with E-state index in [1.165, 1.54) is 4.31 Å². The first kappa shape index (κ1) is 17.0. The number of unbranched alkanes of at least 4 members (excludes halogenated alkanes) is 1. The molecule has 2 rings (SSSR count). The molecule has 0 spiro atoms. The summed E-state index contributed by atoms with van der Waals surface area (Å²) in [5, 5.41) is 2.87. The molecule has 0 aromatic heterocycles. The first-order valence-electron chi connectivity index (χ1n) is 7.83. The second-order valence-corrected chi connectivity index (χ2v) is 7.79. The molecule has 122 valence electrons. The second kappa shape index (κ2) is 7.24. The Balaban J connectivity index is 2.26. The van der Waals surface area contributed by atoms with Crippen LogP contribution in [0.25, 0.3) is 0 Å². The molecule has 22 heavy (non-hydrogen) atoms. The average Bonchev–Trinajstić information content (AvgIpc) is 2.53. The third-order valence-corrected chi connectivity index (χ3v) is 5.89. The molecule has 1 aromatic carbocycles. The Kier molecular flexibility index (Phi) is 5.58. The first-order valence-corrected chi connectivity index (χ1v) is 9.44. The third kappa shape index (κ3) is 3.67. The maximum Gasteiger partial charge on any atom is 0.238 e. The Labute approximate surface area is 132 Å². The Morgan fingerprint density at radius 1 is 1.27 bits per heavy atom. The van der Waals surface area contributed by atoms with Crippen LogP contribution in [0.4, 0.5) is 0 Å². The average molecular weight is 324 g/mol. The molecule has 0 saturated carbocycles. The van der Waals surface area contributed by atoms with Gasteiger partial charge >= 0.3 is 0 Å². The first-order chi connectivity index (χ1) is 10.5. The zero-order chi connectivity index (χ0) is 16.2. The lowest BCUT2D eigenvalue weighted by molar-refractivity contribution is -0.125. The Morgan fingerprint density at radius 3 is 2.59 bits per heavy atom. The van der Waals surface area contributed by atoms with Crippen LogP contribution in [0, 0.1) is 0 Å². The van der Waals surface area contributed by atoms with E-state index in [-0.39, 0.29) is 18.2 Å². The normalized spacial score (nSPS) is 18.7. The highest BCUT2D eigenvalue weighted by atomic mass is 32.2. The molecule has 0 unspecified atom stereocenters. The van der Waals surface area contributed by atoms with Gasteiger partial charge < -0.3 is 5.32 Å². The van der Waals surface area contributed by atoms with E-state index in [1.54, 1.807) is 6.92 Å². The molecule has 1 N–H and O–H groups in total. The van der Waals surface area contributed by atoms with Gasteiger partial charge in [-0.1, -0.05) is 37.6 Å². The molecule has 1 aliphatic heterocycles. The summed E-state index contributed by atoms with van der Waals surface area (Å²) in [6.07, 6.45) is 2.33. The Hall–Kier alpha value is -1.40. The number of nitrogens with zero attached hydrogens (tertiary/aromatic N) is 1. The number of hydrogen-bond donors (Lipinski definition) is 1. The van der Waals surface area contributed by atoms with Gasteiger partial charge in [-0.25, -0.2) is 8.42 Å². The molecule has 5 nitrogen and oxygen atoms in total. The van der Waals surface area contributed by atoms with Crippen LogP contribution < -0.4 is 5.32 Å². The van der Waals surface area contributed by atoms with Crippen molar-refractivity contribution in [3.63, 3.8) is 0 Å². The molecular weight excluding hydrogens is 300 g/mol. The van der Waals surface area contributed by atoms with Gasteiger partial charge in [-0.05, 0) is 30.9 Å². The lowest BCUT2D eigenvalue weighted by Gasteiger charge is -2.34. The monoisotopic (exact) mass is 324 g/mol. The number of nitrogens with one attached hydrogen (secondary N) is 1. The van der Waals surface area contributed by atoms with Crippen LogP contribution in [0.2, 0.25) is 0 Å². The third-order valence-electron chi connectivity index (χ3n) is 4.06. The summed E-state index contributed by atoms with van der Waals surface area (Å²) in [4.78, 5) is 12.4. The number of sulfonamides is 1. The van der Waals surface area contributed by atoms with E-state index in [0.717, 1.165) is 24.0 Å². The maximum atomic E-state index is 12.4. The minimum atomic E-state index is -3.42. The fourth-order valence-electron chi connectivity index (χ4n) is 2.69.